The van der Waals surface area contributed by atoms with E-state index in [4.69, 9.17) is 4.74 Å². The molecule has 3 nitrogen and oxygen atoms in total. The predicted octanol–water partition coefficient (Wildman–Crippen LogP) is 3.29. The lowest BCUT2D eigenvalue weighted by Crippen LogP contribution is -2.03. The molecule has 1 aromatic carbocycles. The summed E-state index contributed by atoms with van der Waals surface area (Å²) in [4.78, 5) is 11.3. The van der Waals surface area contributed by atoms with Gasteiger partial charge in [-0.25, -0.2) is 4.79 Å². The van der Waals surface area contributed by atoms with Crippen molar-refractivity contribution >= 4 is 5.97 Å². The average molecular weight is 236 g/mol. The molecule has 0 N–H and O–H groups in total. The third kappa shape index (κ3) is 4.89. The second-order valence-electron chi connectivity index (χ2n) is 4.40. The van der Waals surface area contributed by atoms with Gasteiger partial charge in [-0.05, 0) is 37.0 Å². The highest BCUT2D eigenvalue weighted by Gasteiger charge is 2.05. The molecule has 1 rings (SSSR count). The van der Waals surface area contributed by atoms with E-state index in [2.05, 4.69) is 18.6 Å². The molecule has 0 saturated heterocycles. The number of hydrogen-bond donors (Lipinski definition) is 0. The third-order valence-corrected chi connectivity index (χ3v) is 2.45. The van der Waals surface area contributed by atoms with Crippen LogP contribution in [0.5, 0.6) is 5.75 Å². The van der Waals surface area contributed by atoms with Gasteiger partial charge in [0.25, 0.3) is 0 Å². The van der Waals surface area contributed by atoms with Gasteiger partial charge in [-0.15, -0.1) is 0 Å². The van der Waals surface area contributed by atoms with Crippen molar-refractivity contribution < 1.29 is 14.3 Å². The van der Waals surface area contributed by atoms with Crippen molar-refractivity contribution in [2.75, 3.05) is 13.7 Å². The third-order valence-electron chi connectivity index (χ3n) is 2.45. The fourth-order valence-electron chi connectivity index (χ4n) is 1.51. The molecule has 0 heterocycles. The highest BCUT2D eigenvalue weighted by molar-refractivity contribution is 5.89. The standard InChI is InChI=1S/C14H20O3/c1-11(2)6-5-9-17-13-8-4-7-12(10-13)14(15)16-3/h4,7-8,10-11H,5-6,9H2,1-3H3. The summed E-state index contributed by atoms with van der Waals surface area (Å²) in [6.07, 6.45) is 2.18. The molecule has 0 bridgehead atoms. The maximum absolute atomic E-state index is 11.3. The van der Waals surface area contributed by atoms with Crippen molar-refractivity contribution in [2.45, 2.75) is 26.7 Å². The second-order valence-corrected chi connectivity index (χ2v) is 4.40. The lowest BCUT2D eigenvalue weighted by Gasteiger charge is -2.08. The average Bonchev–Trinajstić information content (AvgIpc) is 2.34. The summed E-state index contributed by atoms with van der Waals surface area (Å²) in [6.45, 7) is 5.07. The minimum absolute atomic E-state index is 0.336. The van der Waals surface area contributed by atoms with Crippen LogP contribution in [0.1, 0.15) is 37.0 Å². The summed E-state index contributed by atoms with van der Waals surface area (Å²) < 4.78 is 10.2. The number of carbonyl (C=O) groups is 1. The molecule has 3 heteroatoms. The monoisotopic (exact) mass is 236 g/mol. The zero-order chi connectivity index (χ0) is 12.7. The first-order valence-corrected chi connectivity index (χ1v) is 5.94. The van der Waals surface area contributed by atoms with Gasteiger partial charge in [0.05, 0.1) is 19.3 Å². The minimum atomic E-state index is -0.336. The van der Waals surface area contributed by atoms with Gasteiger partial charge in [-0.2, -0.15) is 0 Å². The molecule has 0 saturated carbocycles. The molecule has 0 aromatic heterocycles. The smallest absolute Gasteiger partial charge is 0.337 e. The molecule has 17 heavy (non-hydrogen) atoms. The lowest BCUT2D eigenvalue weighted by atomic mass is 10.1. The van der Waals surface area contributed by atoms with Crippen LogP contribution in [0.2, 0.25) is 0 Å². The number of esters is 1. The topological polar surface area (TPSA) is 35.5 Å². The van der Waals surface area contributed by atoms with Crippen LogP contribution in [0.15, 0.2) is 24.3 Å². The number of ether oxygens (including phenoxy) is 2. The van der Waals surface area contributed by atoms with E-state index < -0.39 is 0 Å². The molecule has 1 aromatic rings. The van der Waals surface area contributed by atoms with Gasteiger partial charge in [0.15, 0.2) is 0 Å². The number of rotatable bonds is 6. The maximum Gasteiger partial charge on any atom is 0.337 e. The highest BCUT2D eigenvalue weighted by atomic mass is 16.5. The number of carbonyl (C=O) groups excluding carboxylic acids is 1. The molecule has 0 atom stereocenters. The summed E-state index contributed by atoms with van der Waals surface area (Å²) in [5.74, 6) is 1.08. The summed E-state index contributed by atoms with van der Waals surface area (Å²) in [6, 6.07) is 7.07. The Bertz CT molecular complexity index is 358. The van der Waals surface area contributed by atoms with Crippen LogP contribution < -0.4 is 4.74 Å². The first-order chi connectivity index (χ1) is 8.13. The van der Waals surface area contributed by atoms with Gasteiger partial charge in [0.1, 0.15) is 5.75 Å². The summed E-state index contributed by atoms with van der Waals surface area (Å²) in [5.41, 5.74) is 0.522. The van der Waals surface area contributed by atoms with Crippen LogP contribution in [-0.4, -0.2) is 19.7 Å². The van der Waals surface area contributed by atoms with Gasteiger partial charge in [0, 0.05) is 0 Å². The van der Waals surface area contributed by atoms with Crippen molar-refractivity contribution in [3.63, 3.8) is 0 Å². The Balaban J connectivity index is 2.46. The van der Waals surface area contributed by atoms with E-state index in [1.165, 1.54) is 7.11 Å². The van der Waals surface area contributed by atoms with Crippen LogP contribution >= 0.6 is 0 Å². The van der Waals surface area contributed by atoms with E-state index in [1.807, 2.05) is 6.07 Å². The molecule has 0 amide bonds. The maximum atomic E-state index is 11.3. The quantitative estimate of drug-likeness (QED) is 0.561. The Kier molecular flexibility index (Phi) is 5.53. The van der Waals surface area contributed by atoms with Crippen molar-refractivity contribution in [1.82, 2.24) is 0 Å². The van der Waals surface area contributed by atoms with Crippen LogP contribution in [0, 0.1) is 5.92 Å². The number of hydrogen-bond acceptors (Lipinski definition) is 3. The summed E-state index contributed by atoms with van der Waals surface area (Å²) >= 11 is 0. The fraction of sp³-hybridized carbons (Fsp3) is 0.500. The van der Waals surface area contributed by atoms with Crippen molar-refractivity contribution in [1.29, 1.82) is 0 Å². The highest BCUT2D eigenvalue weighted by Crippen LogP contribution is 2.15. The molecular weight excluding hydrogens is 216 g/mol. The first-order valence-electron chi connectivity index (χ1n) is 5.94. The Hall–Kier alpha value is -1.51. The Morgan fingerprint density at radius 3 is 2.76 bits per heavy atom. The van der Waals surface area contributed by atoms with Gasteiger partial charge < -0.3 is 9.47 Å². The molecule has 0 unspecified atom stereocenters. The Labute approximate surface area is 103 Å². The van der Waals surface area contributed by atoms with Crippen LogP contribution in [0.4, 0.5) is 0 Å². The molecule has 0 spiro atoms. The Morgan fingerprint density at radius 2 is 2.12 bits per heavy atom. The fourth-order valence-corrected chi connectivity index (χ4v) is 1.51. The zero-order valence-electron chi connectivity index (χ0n) is 10.7. The van der Waals surface area contributed by atoms with Crippen LogP contribution in [0.25, 0.3) is 0 Å². The van der Waals surface area contributed by atoms with Gasteiger partial charge in [-0.1, -0.05) is 19.9 Å². The largest absolute Gasteiger partial charge is 0.494 e. The molecule has 94 valence electrons. The Morgan fingerprint density at radius 1 is 1.35 bits per heavy atom. The van der Waals surface area contributed by atoms with E-state index in [9.17, 15) is 4.79 Å². The van der Waals surface area contributed by atoms with Crippen LogP contribution in [-0.2, 0) is 4.74 Å². The molecular formula is C14H20O3. The molecule has 0 fully saturated rings. The normalized spacial score (nSPS) is 10.4. The van der Waals surface area contributed by atoms with Gasteiger partial charge >= 0.3 is 5.97 Å². The van der Waals surface area contributed by atoms with E-state index in [1.54, 1.807) is 18.2 Å². The minimum Gasteiger partial charge on any atom is -0.494 e. The predicted molar refractivity (Wildman–Crippen MR) is 67.3 cm³/mol. The summed E-state index contributed by atoms with van der Waals surface area (Å²) in [5, 5.41) is 0. The van der Waals surface area contributed by atoms with Crippen molar-refractivity contribution in [2.24, 2.45) is 5.92 Å². The van der Waals surface area contributed by atoms with E-state index in [0.717, 1.165) is 18.6 Å². The first kappa shape index (κ1) is 13.6. The van der Waals surface area contributed by atoms with Gasteiger partial charge in [-0.3, -0.25) is 0 Å². The number of methoxy groups -OCH3 is 1. The SMILES string of the molecule is COC(=O)c1cccc(OCCCC(C)C)c1. The van der Waals surface area contributed by atoms with E-state index in [-0.39, 0.29) is 5.97 Å². The van der Waals surface area contributed by atoms with Crippen molar-refractivity contribution in [3.05, 3.63) is 29.8 Å². The molecule has 0 aliphatic carbocycles. The van der Waals surface area contributed by atoms with Crippen molar-refractivity contribution in [3.8, 4) is 5.75 Å². The second kappa shape index (κ2) is 6.94. The summed E-state index contributed by atoms with van der Waals surface area (Å²) in [7, 11) is 1.37. The lowest BCUT2D eigenvalue weighted by molar-refractivity contribution is 0.0600. The van der Waals surface area contributed by atoms with E-state index >= 15 is 0 Å². The molecule has 0 aliphatic heterocycles. The van der Waals surface area contributed by atoms with Crippen LogP contribution in [0.3, 0.4) is 0 Å². The van der Waals surface area contributed by atoms with Gasteiger partial charge in [0.2, 0.25) is 0 Å². The zero-order valence-corrected chi connectivity index (χ0v) is 10.7. The molecule has 0 radical (unpaired) electrons. The number of benzene rings is 1. The molecule has 0 aliphatic rings. The van der Waals surface area contributed by atoms with E-state index in [0.29, 0.717) is 18.1 Å².